The van der Waals surface area contributed by atoms with Gasteiger partial charge in [-0.25, -0.2) is 9.83 Å². The van der Waals surface area contributed by atoms with E-state index in [1.54, 1.807) is 25.1 Å². The maximum Gasteiger partial charge on any atom is 1.00 e. The third-order valence-electron chi connectivity index (χ3n) is 2.88. The van der Waals surface area contributed by atoms with Gasteiger partial charge < -0.3 is 14.6 Å². The van der Waals surface area contributed by atoms with Gasteiger partial charge in [-0.2, -0.15) is 0 Å². The van der Waals surface area contributed by atoms with Gasteiger partial charge in [-0.05, 0) is 25.0 Å². The van der Waals surface area contributed by atoms with Crippen LogP contribution in [0, 0.1) is 19.4 Å². The number of aromatic nitrogens is 1. The Hall–Kier alpha value is -1.39. The van der Waals surface area contributed by atoms with E-state index in [-0.39, 0.29) is 34.4 Å². The van der Waals surface area contributed by atoms with Crippen molar-refractivity contribution in [1.82, 2.24) is 4.98 Å². The van der Waals surface area contributed by atoms with Crippen LogP contribution in [-0.4, -0.2) is 17.6 Å². The first-order valence-corrected chi connectivity index (χ1v) is 7.57. The summed E-state index contributed by atoms with van der Waals surface area (Å²) in [6.45, 7) is 13.5. The number of thiazole rings is 1. The Kier molecular flexibility index (Phi) is 7.23. The largest absolute Gasteiger partial charge is 1.00 e. The third-order valence-corrected chi connectivity index (χ3v) is 4.07. The van der Waals surface area contributed by atoms with Crippen LogP contribution < -0.4 is 39.4 Å². The van der Waals surface area contributed by atoms with E-state index < -0.39 is 5.97 Å². The van der Waals surface area contributed by atoms with Crippen LogP contribution in [0.3, 0.4) is 0 Å². The molecule has 7 heteroatoms. The zero-order chi connectivity index (χ0) is 16.3. The van der Waals surface area contributed by atoms with Gasteiger partial charge in [0.15, 0.2) is 0 Å². The number of hydrogen-bond donors (Lipinski definition) is 0. The molecular weight excluding hydrogens is 323 g/mol. The number of rotatable bonds is 5. The fourth-order valence-corrected chi connectivity index (χ4v) is 2.72. The molecule has 0 aliphatic heterocycles. The first-order chi connectivity index (χ1) is 10.4. The van der Waals surface area contributed by atoms with E-state index in [0.717, 1.165) is 11.3 Å². The SMILES string of the molecule is [C-]#[N+]c1cc(-c2nc(C)c(C(=O)[O-])s2)ccc1OCC(C)C.[Na+]. The topological polar surface area (TPSA) is 66.6 Å². The summed E-state index contributed by atoms with van der Waals surface area (Å²) in [5, 5.41) is 11.5. The molecule has 0 fully saturated rings. The minimum absolute atomic E-state index is 0. The summed E-state index contributed by atoms with van der Waals surface area (Å²) >= 11 is 1.05. The second-order valence-electron chi connectivity index (χ2n) is 5.22. The quantitative estimate of drug-likeness (QED) is 0.572. The van der Waals surface area contributed by atoms with Crippen molar-refractivity contribution in [3.8, 4) is 16.3 Å². The molecule has 0 aliphatic rings. The van der Waals surface area contributed by atoms with E-state index in [2.05, 4.69) is 9.83 Å². The van der Waals surface area contributed by atoms with Crippen LogP contribution >= 0.6 is 11.3 Å². The van der Waals surface area contributed by atoms with E-state index in [1.807, 2.05) is 13.8 Å². The van der Waals surface area contributed by atoms with Crippen LogP contribution in [0.4, 0.5) is 5.69 Å². The number of aromatic carboxylic acids is 1. The van der Waals surface area contributed by atoms with E-state index in [4.69, 9.17) is 11.3 Å². The monoisotopic (exact) mass is 338 g/mol. The first kappa shape index (κ1) is 19.7. The molecule has 23 heavy (non-hydrogen) atoms. The molecule has 0 unspecified atom stereocenters. The number of carbonyl (C=O) groups excluding carboxylic acids is 1. The zero-order valence-corrected chi connectivity index (χ0v) is 16.4. The summed E-state index contributed by atoms with van der Waals surface area (Å²) in [6, 6.07) is 5.17. The Labute approximate surface area is 161 Å². The van der Waals surface area contributed by atoms with Gasteiger partial charge in [-0.15, -0.1) is 11.3 Å². The van der Waals surface area contributed by atoms with Gasteiger partial charge >= 0.3 is 29.6 Å². The smallest absolute Gasteiger partial charge is 0.544 e. The van der Waals surface area contributed by atoms with Crippen molar-refractivity contribution < 1.29 is 44.2 Å². The fourth-order valence-electron chi connectivity index (χ4n) is 1.83. The minimum Gasteiger partial charge on any atom is -0.544 e. The molecule has 0 atom stereocenters. The van der Waals surface area contributed by atoms with Gasteiger partial charge in [-0.3, -0.25) is 0 Å². The van der Waals surface area contributed by atoms with Crippen molar-refractivity contribution in [1.29, 1.82) is 0 Å². The standard InChI is InChI=1S/C16H16N2O3S.Na/c1-9(2)8-21-13-6-5-11(7-12(13)17-4)15-18-10(3)14(22-15)16(19)20;/h5-7,9H,8H2,1-3H3,(H,19,20);/q;+1/p-1. The van der Waals surface area contributed by atoms with E-state index in [1.165, 1.54) is 0 Å². The number of carboxylic acids is 1. The Morgan fingerprint density at radius 3 is 2.70 bits per heavy atom. The Morgan fingerprint density at radius 2 is 2.17 bits per heavy atom. The van der Waals surface area contributed by atoms with Crippen molar-refractivity contribution in [3.63, 3.8) is 0 Å². The van der Waals surface area contributed by atoms with Crippen LogP contribution in [0.2, 0.25) is 0 Å². The Balaban J connectivity index is 0.00000264. The molecule has 0 spiro atoms. The van der Waals surface area contributed by atoms with Crippen molar-refractivity contribution in [2.45, 2.75) is 20.8 Å². The summed E-state index contributed by atoms with van der Waals surface area (Å²) < 4.78 is 5.61. The molecule has 0 amide bonds. The average Bonchev–Trinajstić information content (AvgIpc) is 2.87. The van der Waals surface area contributed by atoms with Crippen LogP contribution in [0.5, 0.6) is 5.75 Å². The molecule has 2 aromatic rings. The molecule has 5 nitrogen and oxygen atoms in total. The molecule has 2 rings (SSSR count). The Bertz CT molecular complexity index is 750. The molecule has 114 valence electrons. The summed E-state index contributed by atoms with van der Waals surface area (Å²) in [5.41, 5.74) is 1.51. The molecule has 0 saturated heterocycles. The molecule has 0 saturated carbocycles. The Morgan fingerprint density at radius 1 is 1.48 bits per heavy atom. The second kappa shape index (κ2) is 8.46. The van der Waals surface area contributed by atoms with Gasteiger partial charge in [0.1, 0.15) is 10.8 Å². The van der Waals surface area contributed by atoms with Crippen LogP contribution in [0.15, 0.2) is 18.2 Å². The zero-order valence-electron chi connectivity index (χ0n) is 13.5. The summed E-state index contributed by atoms with van der Waals surface area (Å²) in [6.07, 6.45) is 0. The number of hydrogen-bond acceptors (Lipinski definition) is 5. The third kappa shape index (κ3) is 4.79. The summed E-state index contributed by atoms with van der Waals surface area (Å²) in [4.78, 5) is 18.8. The van der Waals surface area contributed by atoms with Crippen molar-refractivity contribution >= 4 is 23.0 Å². The van der Waals surface area contributed by atoms with Gasteiger partial charge in [0.25, 0.3) is 0 Å². The molecule has 1 aromatic carbocycles. The molecule has 0 aliphatic carbocycles. The average molecular weight is 338 g/mol. The predicted octanol–water partition coefficient (Wildman–Crippen LogP) is 0.0716. The number of nitrogens with zero attached hydrogens (tertiary/aromatic N) is 2. The van der Waals surface area contributed by atoms with Gasteiger partial charge in [-0.1, -0.05) is 19.9 Å². The second-order valence-corrected chi connectivity index (χ2v) is 6.22. The van der Waals surface area contributed by atoms with Crippen LogP contribution in [0.25, 0.3) is 15.4 Å². The number of carboxylic acid groups (broad SMARTS) is 1. The van der Waals surface area contributed by atoms with Crippen LogP contribution in [0.1, 0.15) is 29.2 Å². The number of benzene rings is 1. The molecule has 0 radical (unpaired) electrons. The maximum absolute atomic E-state index is 11.0. The molecular formula is C16H15N2NaO3S. The molecule has 0 N–H and O–H groups in total. The number of ether oxygens (including phenoxy) is 1. The van der Waals surface area contributed by atoms with Gasteiger partial charge in [0.2, 0.25) is 5.69 Å². The number of aryl methyl sites for hydroxylation is 1. The molecule has 1 aromatic heterocycles. The van der Waals surface area contributed by atoms with E-state index in [9.17, 15) is 9.90 Å². The van der Waals surface area contributed by atoms with Crippen LogP contribution in [-0.2, 0) is 0 Å². The van der Waals surface area contributed by atoms with Gasteiger partial charge in [0, 0.05) is 5.56 Å². The van der Waals surface area contributed by atoms with E-state index in [0.29, 0.717) is 40.2 Å². The summed E-state index contributed by atoms with van der Waals surface area (Å²) in [5.74, 6) is -0.338. The molecule has 0 bridgehead atoms. The van der Waals surface area contributed by atoms with Crippen molar-refractivity contribution in [3.05, 3.63) is 40.2 Å². The summed E-state index contributed by atoms with van der Waals surface area (Å²) in [7, 11) is 0. The first-order valence-electron chi connectivity index (χ1n) is 6.75. The van der Waals surface area contributed by atoms with Crippen molar-refractivity contribution in [2.75, 3.05) is 6.61 Å². The van der Waals surface area contributed by atoms with Gasteiger partial charge in [0.05, 0.1) is 29.7 Å². The van der Waals surface area contributed by atoms with Crippen molar-refractivity contribution in [2.24, 2.45) is 5.92 Å². The predicted molar refractivity (Wildman–Crippen MR) is 83.2 cm³/mol. The fraction of sp³-hybridized carbons (Fsp3) is 0.312. The minimum atomic E-state index is -1.23. The maximum atomic E-state index is 11.0. The molecule has 1 heterocycles. The normalized spacial score (nSPS) is 10.0. The van der Waals surface area contributed by atoms with E-state index >= 15 is 0 Å². The number of carbonyl (C=O) groups is 1.